The van der Waals surface area contributed by atoms with E-state index in [1.54, 1.807) is 20.3 Å². The van der Waals surface area contributed by atoms with E-state index in [9.17, 15) is 4.79 Å². The van der Waals surface area contributed by atoms with Gasteiger partial charge < -0.3 is 15.2 Å². The number of amides is 1. The molecular formula is C26H28ClNO3. The molecule has 4 nitrogen and oxygen atoms in total. The highest BCUT2D eigenvalue weighted by Gasteiger charge is 2.23. The topological polar surface area (TPSA) is 61.6 Å². The van der Waals surface area contributed by atoms with Gasteiger partial charge in [0.05, 0.1) is 14.2 Å². The van der Waals surface area contributed by atoms with Crippen LogP contribution in [0.15, 0.2) is 60.7 Å². The van der Waals surface area contributed by atoms with E-state index in [0.29, 0.717) is 11.5 Å². The number of rotatable bonds is 7. The van der Waals surface area contributed by atoms with Crippen LogP contribution in [-0.2, 0) is 19.3 Å². The molecule has 0 heterocycles. The Kier molecular flexibility index (Phi) is 7.24. The van der Waals surface area contributed by atoms with Gasteiger partial charge in [-0.25, -0.2) is 0 Å². The maximum Gasteiger partial charge on any atom is 0.248 e. The van der Waals surface area contributed by atoms with Crippen LogP contribution in [0, 0.1) is 5.92 Å². The lowest BCUT2D eigenvalue weighted by Crippen LogP contribution is -2.10. The monoisotopic (exact) mass is 437 g/mol. The van der Waals surface area contributed by atoms with Crippen LogP contribution in [0.5, 0.6) is 11.5 Å². The van der Waals surface area contributed by atoms with Gasteiger partial charge in [0, 0.05) is 5.56 Å². The minimum atomic E-state index is -0.402. The second-order valence-electron chi connectivity index (χ2n) is 7.93. The molecular weight excluding hydrogens is 410 g/mol. The van der Waals surface area contributed by atoms with Gasteiger partial charge in [-0.2, -0.15) is 0 Å². The first-order chi connectivity index (χ1) is 14.6. The first-order valence-electron chi connectivity index (χ1n) is 10.3. The van der Waals surface area contributed by atoms with Crippen molar-refractivity contribution in [2.75, 3.05) is 14.2 Å². The molecule has 3 aromatic carbocycles. The number of halogens is 1. The van der Waals surface area contributed by atoms with Crippen LogP contribution in [0.3, 0.4) is 0 Å². The Morgan fingerprint density at radius 2 is 1.52 bits per heavy atom. The third-order valence-corrected chi connectivity index (χ3v) is 6.00. The number of carbonyl (C=O) groups excluding carboxylic acids is 1. The zero-order chi connectivity index (χ0) is 21.1. The average Bonchev–Trinajstić information content (AvgIpc) is 3.18. The molecule has 0 aromatic heterocycles. The van der Waals surface area contributed by atoms with Crippen molar-refractivity contribution in [1.29, 1.82) is 0 Å². The molecule has 5 heteroatoms. The molecule has 0 atom stereocenters. The second-order valence-corrected chi connectivity index (χ2v) is 7.93. The van der Waals surface area contributed by atoms with Crippen molar-refractivity contribution in [3.8, 4) is 22.6 Å². The van der Waals surface area contributed by atoms with Gasteiger partial charge in [-0.05, 0) is 83.7 Å². The molecule has 0 saturated heterocycles. The number of nitrogens with two attached hydrogens (primary N) is 1. The lowest BCUT2D eigenvalue weighted by atomic mass is 9.95. The molecule has 0 radical (unpaired) electrons. The number of methoxy groups -OCH3 is 2. The van der Waals surface area contributed by atoms with Crippen LogP contribution in [0.25, 0.3) is 11.1 Å². The summed E-state index contributed by atoms with van der Waals surface area (Å²) in [5.41, 5.74) is 12.1. The number of fused-ring (bicyclic) bond motifs is 1. The number of benzene rings is 3. The standard InChI is InChI=1S/C26H27NO3.ClH/c1-29-24-15-22-12-18(13-23(22)16-25(24)30-2)7-6-17-8-10-19(11-9-17)20-4-3-5-21(14-20)26(27)28;/h3-5,8-11,14-16,18H,6-7,12-13H2,1-2H3,(H2,27,28);1H. The molecule has 0 bridgehead atoms. The SMILES string of the molecule is COc1cc2c(cc1OC)CC(CCc1ccc(-c3cccc(C(N)=O)c3)cc1)C2.Cl. The van der Waals surface area contributed by atoms with Crippen LogP contribution < -0.4 is 15.2 Å². The summed E-state index contributed by atoms with van der Waals surface area (Å²) < 4.78 is 10.9. The number of hydrogen-bond donors (Lipinski definition) is 1. The summed E-state index contributed by atoms with van der Waals surface area (Å²) in [7, 11) is 3.37. The summed E-state index contributed by atoms with van der Waals surface area (Å²) in [5.74, 6) is 1.87. The first kappa shape index (κ1) is 22.7. The van der Waals surface area contributed by atoms with Crippen LogP contribution in [-0.4, -0.2) is 20.1 Å². The summed E-state index contributed by atoms with van der Waals surface area (Å²) in [4.78, 5) is 11.4. The fourth-order valence-corrected chi connectivity index (χ4v) is 4.33. The van der Waals surface area contributed by atoms with E-state index in [-0.39, 0.29) is 12.4 Å². The second kappa shape index (κ2) is 9.88. The number of primary amides is 1. The molecule has 3 aromatic rings. The van der Waals surface area contributed by atoms with Crippen LogP contribution in [0.1, 0.15) is 33.5 Å². The molecule has 0 spiro atoms. The fraction of sp³-hybridized carbons (Fsp3) is 0.269. The predicted octanol–water partition coefficient (Wildman–Crippen LogP) is 5.24. The number of hydrogen-bond acceptors (Lipinski definition) is 3. The summed E-state index contributed by atoms with van der Waals surface area (Å²) in [5, 5.41) is 0. The summed E-state index contributed by atoms with van der Waals surface area (Å²) >= 11 is 0. The highest BCUT2D eigenvalue weighted by molar-refractivity contribution is 5.94. The van der Waals surface area contributed by atoms with Gasteiger partial charge in [-0.15, -0.1) is 12.4 Å². The number of aryl methyl sites for hydroxylation is 1. The lowest BCUT2D eigenvalue weighted by Gasteiger charge is -2.10. The van der Waals surface area contributed by atoms with Crippen molar-refractivity contribution in [3.63, 3.8) is 0 Å². The minimum absolute atomic E-state index is 0. The van der Waals surface area contributed by atoms with E-state index >= 15 is 0 Å². The fourth-order valence-electron chi connectivity index (χ4n) is 4.33. The van der Waals surface area contributed by atoms with Crippen molar-refractivity contribution >= 4 is 18.3 Å². The summed E-state index contributed by atoms with van der Waals surface area (Å²) in [6.07, 6.45) is 4.38. The third-order valence-electron chi connectivity index (χ3n) is 6.00. The van der Waals surface area contributed by atoms with Crippen molar-refractivity contribution in [3.05, 3.63) is 82.9 Å². The first-order valence-corrected chi connectivity index (χ1v) is 10.3. The van der Waals surface area contributed by atoms with Gasteiger partial charge in [0.25, 0.3) is 0 Å². The van der Waals surface area contributed by atoms with Crippen LogP contribution >= 0.6 is 12.4 Å². The molecule has 0 aliphatic heterocycles. The van der Waals surface area contributed by atoms with Crippen LogP contribution in [0.2, 0.25) is 0 Å². The Bertz CT molecular complexity index is 1030. The van der Waals surface area contributed by atoms with Gasteiger partial charge in [0.15, 0.2) is 11.5 Å². The number of carbonyl (C=O) groups is 1. The van der Waals surface area contributed by atoms with E-state index in [1.165, 1.54) is 16.7 Å². The summed E-state index contributed by atoms with van der Waals surface area (Å²) in [6, 6.07) is 20.3. The minimum Gasteiger partial charge on any atom is -0.493 e. The van der Waals surface area contributed by atoms with Gasteiger partial charge in [0.2, 0.25) is 5.91 Å². The molecule has 31 heavy (non-hydrogen) atoms. The quantitative estimate of drug-likeness (QED) is 0.549. The molecule has 162 valence electrons. The zero-order valence-electron chi connectivity index (χ0n) is 17.9. The molecule has 0 fully saturated rings. The third kappa shape index (κ3) is 5.02. The van der Waals surface area contributed by atoms with E-state index in [4.69, 9.17) is 15.2 Å². The van der Waals surface area contributed by atoms with Crippen molar-refractivity contribution in [1.82, 2.24) is 0 Å². The molecule has 0 saturated carbocycles. The van der Waals surface area contributed by atoms with Gasteiger partial charge in [-0.3, -0.25) is 4.79 Å². The average molecular weight is 438 g/mol. The predicted molar refractivity (Wildman–Crippen MR) is 126 cm³/mol. The molecule has 1 aliphatic carbocycles. The molecule has 1 amide bonds. The maximum atomic E-state index is 11.4. The van der Waals surface area contributed by atoms with E-state index in [0.717, 1.165) is 48.3 Å². The van der Waals surface area contributed by atoms with Gasteiger partial charge in [0.1, 0.15) is 0 Å². The zero-order valence-corrected chi connectivity index (χ0v) is 18.7. The van der Waals surface area contributed by atoms with E-state index in [2.05, 4.69) is 36.4 Å². The Morgan fingerprint density at radius 3 is 2.06 bits per heavy atom. The maximum absolute atomic E-state index is 11.4. The lowest BCUT2D eigenvalue weighted by molar-refractivity contribution is 0.100. The largest absolute Gasteiger partial charge is 0.493 e. The Balaban J connectivity index is 0.00000272. The van der Waals surface area contributed by atoms with Gasteiger partial charge >= 0.3 is 0 Å². The highest BCUT2D eigenvalue weighted by atomic mass is 35.5. The van der Waals surface area contributed by atoms with Gasteiger partial charge in [-0.1, -0.05) is 36.4 Å². The van der Waals surface area contributed by atoms with E-state index < -0.39 is 5.91 Å². The highest BCUT2D eigenvalue weighted by Crippen LogP contribution is 2.38. The normalized spacial score (nSPS) is 12.7. The molecule has 0 unspecified atom stereocenters. The Labute approximate surface area is 189 Å². The van der Waals surface area contributed by atoms with Crippen molar-refractivity contribution < 1.29 is 14.3 Å². The molecule has 2 N–H and O–H groups in total. The Hall–Kier alpha value is -2.98. The van der Waals surface area contributed by atoms with Crippen molar-refractivity contribution in [2.45, 2.75) is 25.7 Å². The van der Waals surface area contributed by atoms with Crippen LogP contribution in [0.4, 0.5) is 0 Å². The smallest absolute Gasteiger partial charge is 0.248 e. The van der Waals surface area contributed by atoms with E-state index in [1.807, 2.05) is 18.2 Å². The summed E-state index contributed by atoms with van der Waals surface area (Å²) in [6.45, 7) is 0. The Morgan fingerprint density at radius 1 is 0.903 bits per heavy atom. The number of ether oxygens (including phenoxy) is 2. The molecule has 1 aliphatic rings. The molecule has 4 rings (SSSR count). The van der Waals surface area contributed by atoms with Crippen molar-refractivity contribution in [2.24, 2.45) is 11.7 Å².